The monoisotopic (exact) mass is 815 g/mol. The number of carboxylic acids is 2. The molecule has 0 bridgehead atoms. The van der Waals surface area contributed by atoms with Crippen molar-refractivity contribution in [2.75, 3.05) is 6.54 Å². The van der Waals surface area contributed by atoms with E-state index in [1.54, 1.807) is 44.3 Å². The molecule has 21 nitrogen and oxygen atoms in total. The highest BCUT2D eigenvalue weighted by atomic mass is 16.4. The van der Waals surface area contributed by atoms with Crippen LogP contribution in [0.3, 0.4) is 0 Å². The van der Waals surface area contributed by atoms with Crippen LogP contribution in [0.25, 0.3) is 10.9 Å². The number of carboxylic acid groups (broad SMARTS) is 2. The molecule has 1 aromatic carbocycles. The maximum Gasteiger partial charge on any atom is 0.326 e. The summed E-state index contributed by atoms with van der Waals surface area (Å²) >= 11 is 0. The molecule has 2 aromatic rings. The lowest BCUT2D eigenvalue weighted by Crippen LogP contribution is -2.61. The Morgan fingerprint density at radius 1 is 0.828 bits per heavy atom. The third kappa shape index (κ3) is 12.7. The number of aromatic amines is 1. The fourth-order valence-electron chi connectivity index (χ4n) is 6.40. The number of nitrogens with one attached hydrogen (secondary N) is 6. The number of rotatable bonds is 21. The van der Waals surface area contributed by atoms with Crippen LogP contribution in [0.2, 0.25) is 0 Å². The Hall–Kier alpha value is -6.09. The maximum absolute atomic E-state index is 14.2. The van der Waals surface area contributed by atoms with Gasteiger partial charge in [-0.3, -0.25) is 38.4 Å². The molecule has 0 radical (unpaired) electrons. The van der Waals surface area contributed by atoms with Gasteiger partial charge in [0.2, 0.25) is 41.4 Å². The fourth-order valence-corrected chi connectivity index (χ4v) is 6.40. The fraction of sp³-hybridized carbons (Fsp3) is 0.541. The van der Waals surface area contributed by atoms with E-state index < -0.39 is 127 Å². The zero-order valence-corrected chi connectivity index (χ0v) is 32.7. The van der Waals surface area contributed by atoms with Gasteiger partial charge in [-0.15, -0.1) is 0 Å². The number of nitrogens with zero attached hydrogens (tertiary/aromatic N) is 1. The highest BCUT2D eigenvalue weighted by molar-refractivity contribution is 5.98. The SMILES string of the molecule is CC(C)[C@H](NC(=O)[C@H](Cc1c[nH]c2ccccc12)NC(=O)[C@@H]1CCCN1C(=O)[C@@H](NC(=O)[C@H](C)N)[C@@H](C)O)C(=O)N[C@@H](CC(=O)O)C(=O)N[C@@H](CCC(N)=O)C(=O)O. The van der Waals surface area contributed by atoms with E-state index in [0.717, 1.165) is 10.9 Å². The molecule has 0 unspecified atom stereocenters. The molecule has 2 heterocycles. The van der Waals surface area contributed by atoms with E-state index in [0.29, 0.717) is 12.0 Å². The second-order valence-electron chi connectivity index (χ2n) is 14.6. The molecule has 13 N–H and O–H groups in total. The van der Waals surface area contributed by atoms with Gasteiger partial charge in [0.05, 0.1) is 18.6 Å². The molecule has 0 aliphatic carbocycles. The zero-order valence-electron chi connectivity index (χ0n) is 32.7. The van der Waals surface area contributed by atoms with Gasteiger partial charge in [-0.1, -0.05) is 32.0 Å². The van der Waals surface area contributed by atoms with E-state index in [9.17, 15) is 58.5 Å². The van der Waals surface area contributed by atoms with Crippen LogP contribution in [-0.2, 0) is 49.6 Å². The number of para-hydroxylation sites is 1. The van der Waals surface area contributed by atoms with Crippen molar-refractivity contribution >= 4 is 64.2 Å². The Balaban J connectivity index is 1.89. The van der Waals surface area contributed by atoms with Crippen LogP contribution in [-0.4, -0.2) is 133 Å². The maximum atomic E-state index is 14.2. The number of primary amides is 1. The lowest BCUT2D eigenvalue weighted by Gasteiger charge is -2.31. The summed E-state index contributed by atoms with van der Waals surface area (Å²) in [5.41, 5.74) is 12.1. The van der Waals surface area contributed by atoms with Gasteiger partial charge in [-0.25, -0.2) is 4.79 Å². The van der Waals surface area contributed by atoms with Crippen molar-refractivity contribution in [3.63, 3.8) is 0 Å². The highest BCUT2D eigenvalue weighted by Gasteiger charge is 2.41. The van der Waals surface area contributed by atoms with Gasteiger partial charge in [0, 0.05) is 36.5 Å². The van der Waals surface area contributed by atoms with Crippen LogP contribution < -0.4 is 38.1 Å². The Morgan fingerprint density at radius 3 is 2.03 bits per heavy atom. The minimum atomic E-state index is -1.81. The van der Waals surface area contributed by atoms with Crippen molar-refractivity contribution in [1.29, 1.82) is 0 Å². The van der Waals surface area contributed by atoms with Crippen molar-refractivity contribution in [1.82, 2.24) is 36.5 Å². The molecule has 1 aliphatic heterocycles. The molecule has 1 aromatic heterocycles. The topological polar surface area (TPSA) is 346 Å². The van der Waals surface area contributed by atoms with Crippen LogP contribution in [0.4, 0.5) is 0 Å². The number of aromatic nitrogens is 1. The average molecular weight is 816 g/mol. The van der Waals surface area contributed by atoms with E-state index in [4.69, 9.17) is 11.5 Å². The molecule has 58 heavy (non-hydrogen) atoms. The van der Waals surface area contributed by atoms with Crippen molar-refractivity contribution in [2.24, 2.45) is 17.4 Å². The lowest BCUT2D eigenvalue weighted by atomic mass is 9.99. The molecule has 1 aliphatic rings. The van der Waals surface area contributed by atoms with Crippen molar-refractivity contribution in [3.8, 4) is 0 Å². The molecule has 1 saturated heterocycles. The average Bonchev–Trinajstić information content (AvgIpc) is 3.80. The summed E-state index contributed by atoms with van der Waals surface area (Å²) in [6, 6.07) is -2.60. The summed E-state index contributed by atoms with van der Waals surface area (Å²) in [5, 5.41) is 42.2. The summed E-state index contributed by atoms with van der Waals surface area (Å²) < 4.78 is 0. The summed E-state index contributed by atoms with van der Waals surface area (Å²) in [7, 11) is 0. The number of likely N-dealkylation sites (tertiary alicyclic amines) is 1. The van der Waals surface area contributed by atoms with Gasteiger partial charge in [-0.2, -0.15) is 0 Å². The Kier molecular flexibility index (Phi) is 16.7. The van der Waals surface area contributed by atoms with E-state index in [2.05, 4.69) is 31.6 Å². The van der Waals surface area contributed by atoms with E-state index in [-0.39, 0.29) is 19.4 Å². The first-order chi connectivity index (χ1) is 27.2. The standard InChI is InChI=1S/C37H53N9O12/c1-17(2)29(35(55)43-25(15-28(49)50)32(52)41-23(37(57)58)11-12-27(39)48)44-33(53)24(14-20-16-40-22-9-6-5-8-21(20)22)42-34(54)26-10-7-13-46(26)36(56)30(19(4)47)45-31(51)18(3)38/h5-6,8-9,16-19,23-26,29-30,40,47H,7,10-15,38H2,1-4H3,(H2,39,48)(H,41,52)(H,42,54)(H,43,55)(H,44,53)(H,45,51)(H,49,50)(H,57,58)/t18-,19+,23-,24-,25-,26-,29-,30-/m0/s1. The predicted molar refractivity (Wildman–Crippen MR) is 205 cm³/mol. The number of aliphatic hydroxyl groups is 1. The number of aliphatic hydroxyl groups excluding tert-OH is 1. The van der Waals surface area contributed by atoms with Crippen LogP contribution in [0.5, 0.6) is 0 Å². The van der Waals surface area contributed by atoms with Crippen LogP contribution >= 0.6 is 0 Å². The molecule has 21 heteroatoms. The van der Waals surface area contributed by atoms with E-state index in [1.807, 2.05) is 0 Å². The van der Waals surface area contributed by atoms with Gasteiger partial charge in [0.1, 0.15) is 36.3 Å². The van der Waals surface area contributed by atoms with Gasteiger partial charge in [0.15, 0.2) is 0 Å². The number of aliphatic carboxylic acids is 2. The van der Waals surface area contributed by atoms with Crippen molar-refractivity contribution in [2.45, 2.75) is 115 Å². The number of benzene rings is 1. The van der Waals surface area contributed by atoms with Crippen molar-refractivity contribution in [3.05, 3.63) is 36.0 Å². The van der Waals surface area contributed by atoms with Gasteiger partial charge < -0.3 is 63.3 Å². The first-order valence-corrected chi connectivity index (χ1v) is 18.8. The number of H-pyrrole nitrogens is 1. The molecule has 1 fully saturated rings. The van der Waals surface area contributed by atoms with Crippen LogP contribution in [0.1, 0.15) is 65.4 Å². The number of hydrogen-bond donors (Lipinski definition) is 11. The summed E-state index contributed by atoms with van der Waals surface area (Å²) in [4.78, 5) is 120. The van der Waals surface area contributed by atoms with Gasteiger partial charge >= 0.3 is 11.9 Å². The van der Waals surface area contributed by atoms with Gasteiger partial charge in [-0.05, 0) is 50.7 Å². The van der Waals surface area contributed by atoms with E-state index in [1.165, 1.54) is 18.7 Å². The number of amides is 7. The number of carbonyl (C=O) groups excluding carboxylic acids is 7. The molecule has 318 valence electrons. The Morgan fingerprint density at radius 2 is 1.45 bits per heavy atom. The van der Waals surface area contributed by atoms with Crippen LogP contribution in [0.15, 0.2) is 30.5 Å². The smallest absolute Gasteiger partial charge is 0.326 e. The Labute approximate surface area is 333 Å². The first-order valence-electron chi connectivity index (χ1n) is 18.8. The highest BCUT2D eigenvalue weighted by Crippen LogP contribution is 2.22. The van der Waals surface area contributed by atoms with Crippen molar-refractivity contribution < 1.29 is 58.5 Å². The van der Waals surface area contributed by atoms with Crippen LogP contribution in [0, 0.1) is 5.92 Å². The number of nitrogens with two attached hydrogens (primary N) is 2. The summed E-state index contributed by atoms with van der Waals surface area (Å²) in [5.74, 6) is -9.79. The number of hydrogen-bond acceptors (Lipinski definition) is 11. The minimum absolute atomic E-state index is 0.104. The number of fused-ring (bicyclic) bond motifs is 1. The molecular weight excluding hydrogens is 762 g/mol. The zero-order chi connectivity index (χ0) is 43.4. The summed E-state index contributed by atoms with van der Waals surface area (Å²) in [6.45, 7) is 5.91. The first kappa shape index (κ1) is 46.3. The molecule has 7 amide bonds. The normalized spacial score (nSPS) is 17.5. The Bertz CT molecular complexity index is 1860. The third-order valence-corrected chi connectivity index (χ3v) is 9.58. The minimum Gasteiger partial charge on any atom is -0.481 e. The number of carbonyl (C=O) groups is 9. The summed E-state index contributed by atoms with van der Waals surface area (Å²) in [6.07, 6.45) is -1.03. The second-order valence-corrected chi connectivity index (χ2v) is 14.6. The molecule has 8 atom stereocenters. The molecule has 3 rings (SSSR count). The second kappa shape index (κ2) is 20.9. The molecule has 0 spiro atoms. The quantitative estimate of drug-likeness (QED) is 0.0614. The lowest BCUT2D eigenvalue weighted by molar-refractivity contribution is -0.144. The molecular formula is C37H53N9O12. The molecule has 0 saturated carbocycles. The largest absolute Gasteiger partial charge is 0.481 e. The predicted octanol–water partition coefficient (Wildman–Crippen LogP) is -2.67. The third-order valence-electron chi connectivity index (χ3n) is 9.58. The van der Waals surface area contributed by atoms with E-state index >= 15 is 0 Å². The van der Waals surface area contributed by atoms with Gasteiger partial charge in [0.25, 0.3) is 0 Å².